The normalized spacial score (nSPS) is 11.1. The van der Waals surface area contributed by atoms with Crippen molar-refractivity contribution in [2.45, 2.75) is 13.1 Å². The van der Waals surface area contributed by atoms with Gasteiger partial charge in [-0.2, -0.15) is 5.10 Å². The van der Waals surface area contributed by atoms with Gasteiger partial charge in [0.05, 0.1) is 19.3 Å². The minimum absolute atomic E-state index is 0.661. The monoisotopic (exact) mass is 271 g/mol. The number of hydrogen-bond acceptors (Lipinski definition) is 4. The Morgan fingerprint density at radius 1 is 1.30 bits per heavy atom. The van der Waals surface area contributed by atoms with Gasteiger partial charge in [-0.1, -0.05) is 12.1 Å². The fourth-order valence-electron chi connectivity index (χ4n) is 2.21. The van der Waals surface area contributed by atoms with Gasteiger partial charge in [0.15, 0.2) is 11.3 Å². The molecule has 3 aromatic rings. The molecule has 2 aromatic heterocycles. The molecule has 0 saturated carbocycles. The van der Waals surface area contributed by atoms with Gasteiger partial charge < -0.3 is 14.5 Å². The summed E-state index contributed by atoms with van der Waals surface area (Å²) >= 11 is 0. The molecular weight excluding hydrogens is 254 g/mol. The smallest absolute Gasteiger partial charge is 0.176 e. The number of para-hydroxylation sites is 1. The molecule has 20 heavy (non-hydrogen) atoms. The minimum Gasteiger partial charge on any atom is -0.493 e. The van der Waals surface area contributed by atoms with Gasteiger partial charge in [-0.05, 0) is 18.2 Å². The van der Waals surface area contributed by atoms with Gasteiger partial charge >= 0.3 is 0 Å². The second-order valence-corrected chi connectivity index (χ2v) is 4.68. The molecule has 0 bridgehead atoms. The first-order chi connectivity index (χ1) is 9.76. The number of aromatic nitrogens is 2. The second-order valence-electron chi connectivity index (χ2n) is 4.68. The summed E-state index contributed by atoms with van der Waals surface area (Å²) in [5.74, 6) is 1.65. The van der Waals surface area contributed by atoms with E-state index < -0.39 is 0 Å². The largest absolute Gasteiger partial charge is 0.493 e. The quantitative estimate of drug-likeness (QED) is 0.774. The van der Waals surface area contributed by atoms with Gasteiger partial charge in [-0.25, -0.2) is 0 Å². The highest BCUT2D eigenvalue weighted by Gasteiger charge is 2.08. The van der Waals surface area contributed by atoms with Crippen LogP contribution in [0.15, 0.2) is 40.9 Å². The van der Waals surface area contributed by atoms with E-state index >= 15 is 0 Å². The van der Waals surface area contributed by atoms with Gasteiger partial charge in [-0.15, -0.1) is 0 Å². The van der Waals surface area contributed by atoms with E-state index in [1.165, 1.54) is 0 Å². The Bertz CT molecular complexity index is 715. The molecule has 104 valence electrons. The number of benzene rings is 1. The van der Waals surface area contributed by atoms with E-state index in [-0.39, 0.29) is 0 Å². The lowest BCUT2D eigenvalue weighted by molar-refractivity contribution is 0.406. The Kier molecular flexibility index (Phi) is 3.43. The summed E-state index contributed by atoms with van der Waals surface area (Å²) in [6, 6.07) is 9.90. The average Bonchev–Trinajstić information content (AvgIpc) is 3.04. The lowest BCUT2D eigenvalue weighted by Crippen LogP contribution is -2.12. The van der Waals surface area contributed by atoms with Crippen molar-refractivity contribution < 1.29 is 9.15 Å². The van der Waals surface area contributed by atoms with Crippen LogP contribution in [-0.2, 0) is 20.1 Å². The molecule has 0 aliphatic carbocycles. The van der Waals surface area contributed by atoms with E-state index in [9.17, 15) is 0 Å². The number of nitrogens with zero attached hydrogens (tertiary/aromatic N) is 2. The van der Waals surface area contributed by atoms with Gasteiger partial charge in [0.25, 0.3) is 0 Å². The highest BCUT2D eigenvalue weighted by Crippen LogP contribution is 2.28. The van der Waals surface area contributed by atoms with Crippen LogP contribution in [0, 0.1) is 0 Å². The highest BCUT2D eigenvalue weighted by molar-refractivity contribution is 5.83. The van der Waals surface area contributed by atoms with E-state index in [1.807, 2.05) is 43.6 Å². The van der Waals surface area contributed by atoms with Crippen molar-refractivity contribution in [2.24, 2.45) is 7.05 Å². The molecule has 0 unspecified atom stereocenters. The maximum absolute atomic E-state index is 5.82. The maximum atomic E-state index is 5.82. The van der Waals surface area contributed by atoms with Crippen LogP contribution in [0.2, 0.25) is 0 Å². The summed E-state index contributed by atoms with van der Waals surface area (Å²) in [6.07, 6.45) is 1.93. The molecule has 0 aliphatic rings. The van der Waals surface area contributed by atoms with Crippen LogP contribution in [0.1, 0.15) is 11.5 Å². The van der Waals surface area contributed by atoms with Crippen molar-refractivity contribution in [1.82, 2.24) is 15.1 Å². The molecular formula is C15H17N3O2. The molecule has 0 radical (unpaired) electrons. The van der Waals surface area contributed by atoms with E-state index in [2.05, 4.69) is 10.4 Å². The predicted octanol–water partition coefficient (Wildman–Crippen LogP) is 2.46. The molecule has 3 rings (SSSR count). The average molecular weight is 271 g/mol. The zero-order valence-electron chi connectivity index (χ0n) is 11.6. The van der Waals surface area contributed by atoms with Gasteiger partial charge in [0, 0.05) is 25.2 Å². The summed E-state index contributed by atoms with van der Waals surface area (Å²) in [7, 11) is 3.56. The van der Waals surface area contributed by atoms with Crippen molar-refractivity contribution in [1.29, 1.82) is 0 Å². The third-order valence-electron chi connectivity index (χ3n) is 3.15. The van der Waals surface area contributed by atoms with Crippen LogP contribution in [0.4, 0.5) is 0 Å². The lowest BCUT2D eigenvalue weighted by Gasteiger charge is -2.00. The second kappa shape index (κ2) is 5.38. The van der Waals surface area contributed by atoms with E-state index in [4.69, 9.17) is 9.15 Å². The van der Waals surface area contributed by atoms with Crippen molar-refractivity contribution in [3.63, 3.8) is 0 Å². The standard InChI is InChI=1S/C15H17N3O2/c1-18-7-6-12(17-18)9-16-10-13-8-11-4-3-5-14(19-2)15(11)20-13/h3-8,16H,9-10H2,1-2H3. The summed E-state index contributed by atoms with van der Waals surface area (Å²) in [5, 5.41) is 8.69. The van der Waals surface area contributed by atoms with Crippen molar-refractivity contribution in [2.75, 3.05) is 7.11 Å². The fraction of sp³-hybridized carbons (Fsp3) is 0.267. The number of hydrogen-bond donors (Lipinski definition) is 1. The summed E-state index contributed by atoms with van der Waals surface area (Å²) in [4.78, 5) is 0. The zero-order valence-corrected chi connectivity index (χ0v) is 11.6. The summed E-state index contributed by atoms with van der Waals surface area (Å²) < 4.78 is 12.9. The Balaban J connectivity index is 1.68. The minimum atomic E-state index is 0.661. The summed E-state index contributed by atoms with van der Waals surface area (Å²) in [6.45, 7) is 1.38. The van der Waals surface area contributed by atoms with Gasteiger partial charge in [-0.3, -0.25) is 4.68 Å². The first kappa shape index (κ1) is 12.7. The van der Waals surface area contributed by atoms with E-state index in [0.717, 1.165) is 34.7 Å². The molecule has 0 spiro atoms. The molecule has 0 amide bonds. The number of nitrogens with one attached hydrogen (secondary N) is 1. The Hall–Kier alpha value is -2.27. The Labute approximate surface area is 117 Å². The van der Waals surface area contributed by atoms with E-state index in [1.54, 1.807) is 11.8 Å². The SMILES string of the molecule is COc1cccc2cc(CNCc3ccn(C)n3)oc12. The maximum Gasteiger partial charge on any atom is 0.176 e. The molecule has 0 fully saturated rings. The number of aryl methyl sites for hydroxylation is 1. The van der Waals surface area contributed by atoms with Crippen molar-refractivity contribution >= 4 is 11.0 Å². The first-order valence-corrected chi connectivity index (χ1v) is 6.51. The van der Waals surface area contributed by atoms with Crippen LogP contribution in [0.3, 0.4) is 0 Å². The molecule has 1 N–H and O–H groups in total. The third-order valence-corrected chi connectivity index (χ3v) is 3.15. The van der Waals surface area contributed by atoms with Crippen molar-refractivity contribution in [3.8, 4) is 5.75 Å². The molecule has 5 nitrogen and oxygen atoms in total. The number of ether oxygens (including phenoxy) is 1. The molecule has 0 saturated heterocycles. The van der Waals surface area contributed by atoms with Crippen LogP contribution in [0.25, 0.3) is 11.0 Å². The van der Waals surface area contributed by atoms with Gasteiger partial charge in [0.2, 0.25) is 0 Å². The molecule has 5 heteroatoms. The van der Waals surface area contributed by atoms with Crippen LogP contribution < -0.4 is 10.1 Å². The van der Waals surface area contributed by atoms with E-state index in [0.29, 0.717) is 6.54 Å². The third kappa shape index (κ3) is 2.53. The topological polar surface area (TPSA) is 52.2 Å². The highest BCUT2D eigenvalue weighted by atomic mass is 16.5. The fourth-order valence-corrected chi connectivity index (χ4v) is 2.21. The van der Waals surface area contributed by atoms with Crippen LogP contribution in [0.5, 0.6) is 5.75 Å². The molecule has 0 aliphatic heterocycles. The molecule has 1 aromatic carbocycles. The number of methoxy groups -OCH3 is 1. The van der Waals surface area contributed by atoms with Gasteiger partial charge in [0.1, 0.15) is 5.76 Å². The first-order valence-electron chi connectivity index (χ1n) is 6.51. The summed E-state index contributed by atoms with van der Waals surface area (Å²) in [5.41, 5.74) is 1.81. The molecule has 2 heterocycles. The Morgan fingerprint density at radius 3 is 2.95 bits per heavy atom. The van der Waals surface area contributed by atoms with Crippen molar-refractivity contribution in [3.05, 3.63) is 48.0 Å². The zero-order chi connectivity index (χ0) is 13.9. The lowest BCUT2D eigenvalue weighted by atomic mass is 10.2. The van der Waals surface area contributed by atoms with Crippen LogP contribution >= 0.6 is 0 Å². The Morgan fingerprint density at radius 2 is 2.20 bits per heavy atom. The number of fused-ring (bicyclic) bond motifs is 1. The number of rotatable bonds is 5. The predicted molar refractivity (Wildman–Crippen MR) is 76.5 cm³/mol. The molecule has 0 atom stereocenters. The number of furan rings is 1. The van der Waals surface area contributed by atoms with Crippen LogP contribution in [-0.4, -0.2) is 16.9 Å².